The van der Waals surface area contributed by atoms with Crippen LogP contribution in [0.4, 0.5) is 0 Å². The second-order valence-electron chi connectivity index (χ2n) is 4.92. The van der Waals surface area contributed by atoms with Crippen molar-refractivity contribution >= 4 is 0 Å². The Morgan fingerprint density at radius 1 is 1.44 bits per heavy atom. The third-order valence-corrected chi connectivity index (χ3v) is 3.51. The molecule has 1 aliphatic heterocycles. The quantitative estimate of drug-likeness (QED) is 0.718. The van der Waals surface area contributed by atoms with Gasteiger partial charge < -0.3 is 15.0 Å². The summed E-state index contributed by atoms with van der Waals surface area (Å²) in [6.07, 6.45) is 2.49. The number of hydrogen-bond donors (Lipinski definition) is 1. The molecule has 1 saturated heterocycles. The van der Waals surface area contributed by atoms with Crippen LogP contribution in [-0.4, -0.2) is 50.3 Å². The summed E-state index contributed by atoms with van der Waals surface area (Å²) in [4.78, 5) is 2.56. The number of morpholine rings is 1. The topological polar surface area (TPSA) is 24.5 Å². The Kier molecular flexibility index (Phi) is 7.01. The van der Waals surface area contributed by atoms with Gasteiger partial charge in [0, 0.05) is 19.1 Å². The number of rotatable bonds is 7. The molecule has 0 aromatic carbocycles. The van der Waals surface area contributed by atoms with Crippen molar-refractivity contribution in [1.29, 1.82) is 0 Å². The van der Waals surface area contributed by atoms with Crippen LogP contribution in [-0.2, 0) is 4.74 Å². The van der Waals surface area contributed by atoms with Crippen LogP contribution in [0.5, 0.6) is 0 Å². The van der Waals surface area contributed by atoms with E-state index in [4.69, 9.17) is 4.74 Å². The van der Waals surface area contributed by atoms with E-state index in [1.165, 1.54) is 25.9 Å². The normalized spacial score (nSPS) is 23.6. The minimum absolute atomic E-state index is 0.569. The second kappa shape index (κ2) is 8.04. The van der Waals surface area contributed by atoms with Crippen molar-refractivity contribution in [3.63, 3.8) is 0 Å². The number of hydrogen-bond acceptors (Lipinski definition) is 3. The van der Waals surface area contributed by atoms with Crippen molar-refractivity contribution < 1.29 is 4.74 Å². The lowest BCUT2D eigenvalue weighted by molar-refractivity contribution is 0.0695. The first-order valence-corrected chi connectivity index (χ1v) is 6.79. The zero-order chi connectivity index (χ0) is 11.8. The summed E-state index contributed by atoms with van der Waals surface area (Å²) in [5.41, 5.74) is 0. The van der Waals surface area contributed by atoms with Crippen LogP contribution < -0.4 is 5.32 Å². The Balaban J connectivity index is 2.16. The molecule has 0 saturated carbocycles. The second-order valence-corrected chi connectivity index (χ2v) is 4.92. The first-order chi connectivity index (χ1) is 7.76. The highest BCUT2D eigenvalue weighted by Crippen LogP contribution is 2.06. The average molecular weight is 228 g/mol. The molecule has 16 heavy (non-hydrogen) atoms. The Hall–Kier alpha value is -0.120. The molecule has 1 aliphatic rings. The summed E-state index contributed by atoms with van der Waals surface area (Å²) in [5.74, 6) is 0.815. The van der Waals surface area contributed by atoms with Gasteiger partial charge in [-0.25, -0.2) is 0 Å². The minimum atomic E-state index is 0.569. The molecule has 2 atom stereocenters. The highest BCUT2D eigenvalue weighted by molar-refractivity contribution is 4.72. The average Bonchev–Trinajstić information content (AvgIpc) is 2.35. The van der Waals surface area contributed by atoms with Crippen molar-refractivity contribution in [3.05, 3.63) is 0 Å². The predicted octanol–water partition coefficient (Wildman–Crippen LogP) is 1.73. The van der Waals surface area contributed by atoms with Gasteiger partial charge in [-0.3, -0.25) is 0 Å². The van der Waals surface area contributed by atoms with Gasteiger partial charge in [0.1, 0.15) is 0 Å². The van der Waals surface area contributed by atoms with Gasteiger partial charge in [0.15, 0.2) is 0 Å². The molecule has 0 aliphatic carbocycles. The fourth-order valence-corrected chi connectivity index (χ4v) is 2.09. The van der Waals surface area contributed by atoms with Gasteiger partial charge in [-0.1, -0.05) is 27.2 Å². The van der Waals surface area contributed by atoms with E-state index < -0.39 is 0 Å². The molecule has 0 amide bonds. The van der Waals surface area contributed by atoms with E-state index in [9.17, 15) is 0 Å². The molecule has 0 spiro atoms. The Morgan fingerprint density at radius 3 is 2.81 bits per heavy atom. The molecular formula is C13H28N2O. The minimum Gasteiger partial charge on any atom is -0.379 e. The van der Waals surface area contributed by atoms with Gasteiger partial charge in [0.25, 0.3) is 0 Å². The number of nitrogens with one attached hydrogen (secondary N) is 1. The lowest BCUT2D eigenvalue weighted by Crippen LogP contribution is -2.43. The summed E-state index contributed by atoms with van der Waals surface area (Å²) in [6.45, 7) is 13.2. The van der Waals surface area contributed by atoms with E-state index in [0.29, 0.717) is 6.04 Å². The smallest absolute Gasteiger partial charge is 0.0620 e. The lowest BCUT2D eigenvalue weighted by Gasteiger charge is -2.28. The molecule has 1 fully saturated rings. The van der Waals surface area contributed by atoms with E-state index in [0.717, 1.165) is 32.2 Å². The van der Waals surface area contributed by atoms with Crippen LogP contribution in [0.1, 0.15) is 33.6 Å². The maximum Gasteiger partial charge on any atom is 0.0620 e. The van der Waals surface area contributed by atoms with Crippen LogP contribution in [0.15, 0.2) is 0 Å². The van der Waals surface area contributed by atoms with Crippen LogP contribution in [0.2, 0.25) is 0 Å². The van der Waals surface area contributed by atoms with Gasteiger partial charge in [0.2, 0.25) is 0 Å². The van der Waals surface area contributed by atoms with Gasteiger partial charge in [-0.05, 0) is 25.4 Å². The van der Waals surface area contributed by atoms with E-state index in [1.54, 1.807) is 0 Å². The van der Waals surface area contributed by atoms with Crippen LogP contribution >= 0.6 is 0 Å². The highest BCUT2D eigenvalue weighted by atomic mass is 16.5. The molecule has 2 unspecified atom stereocenters. The maximum absolute atomic E-state index is 5.47. The molecule has 96 valence electrons. The molecule has 1 heterocycles. The highest BCUT2D eigenvalue weighted by Gasteiger charge is 2.14. The Bertz CT molecular complexity index is 169. The van der Waals surface area contributed by atoms with Crippen LogP contribution in [0.25, 0.3) is 0 Å². The van der Waals surface area contributed by atoms with Gasteiger partial charge >= 0.3 is 0 Å². The Morgan fingerprint density at radius 2 is 2.25 bits per heavy atom. The van der Waals surface area contributed by atoms with Crippen molar-refractivity contribution in [2.45, 2.75) is 39.7 Å². The molecule has 3 nitrogen and oxygen atoms in total. The summed E-state index contributed by atoms with van der Waals surface area (Å²) in [5, 5.41) is 3.51. The van der Waals surface area contributed by atoms with Gasteiger partial charge in [-0.15, -0.1) is 0 Å². The van der Waals surface area contributed by atoms with Crippen LogP contribution in [0, 0.1) is 5.92 Å². The molecule has 0 radical (unpaired) electrons. The molecule has 1 N–H and O–H groups in total. The van der Waals surface area contributed by atoms with E-state index in [1.807, 2.05) is 0 Å². The van der Waals surface area contributed by atoms with Crippen molar-refractivity contribution in [3.8, 4) is 0 Å². The molecule has 0 bridgehead atoms. The first-order valence-electron chi connectivity index (χ1n) is 6.79. The fourth-order valence-electron chi connectivity index (χ4n) is 2.09. The van der Waals surface area contributed by atoms with Gasteiger partial charge in [-0.2, -0.15) is 0 Å². The predicted molar refractivity (Wildman–Crippen MR) is 68.8 cm³/mol. The molecule has 3 heteroatoms. The third kappa shape index (κ3) is 5.28. The fraction of sp³-hybridized carbons (Fsp3) is 1.00. The first kappa shape index (κ1) is 13.9. The zero-order valence-corrected chi connectivity index (χ0v) is 11.2. The summed E-state index contributed by atoms with van der Waals surface area (Å²) >= 11 is 0. The molecule has 0 aromatic heterocycles. The standard InChI is InChI=1S/C13H28N2O/c1-4-12(3)10-15(5-2)8-6-13-11-16-9-7-14-13/h12-14H,4-11H2,1-3H3. The van der Waals surface area contributed by atoms with Crippen molar-refractivity contribution in [1.82, 2.24) is 10.2 Å². The van der Waals surface area contributed by atoms with Crippen LogP contribution in [0.3, 0.4) is 0 Å². The summed E-state index contributed by atoms with van der Waals surface area (Å²) in [6, 6.07) is 0.569. The molecule has 0 aromatic rings. The van der Waals surface area contributed by atoms with Gasteiger partial charge in [0.05, 0.1) is 13.2 Å². The number of ether oxygens (including phenoxy) is 1. The van der Waals surface area contributed by atoms with Crippen molar-refractivity contribution in [2.75, 3.05) is 39.4 Å². The summed E-state index contributed by atoms with van der Waals surface area (Å²) < 4.78 is 5.47. The molecular weight excluding hydrogens is 200 g/mol. The monoisotopic (exact) mass is 228 g/mol. The SMILES string of the molecule is CCC(C)CN(CC)CCC1COCCN1. The van der Waals surface area contributed by atoms with Crippen molar-refractivity contribution in [2.24, 2.45) is 5.92 Å². The largest absolute Gasteiger partial charge is 0.379 e. The zero-order valence-electron chi connectivity index (χ0n) is 11.2. The summed E-state index contributed by atoms with van der Waals surface area (Å²) in [7, 11) is 0. The molecule has 1 rings (SSSR count). The van der Waals surface area contributed by atoms with E-state index in [2.05, 4.69) is 31.0 Å². The Labute approximate surface area is 101 Å². The number of nitrogens with zero attached hydrogens (tertiary/aromatic N) is 1. The van der Waals surface area contributed by atoms with E-state index >= 15 is 0 Å². The third-order valence-electron chi connectivity index (χ3n) is 3.51. The lowest BCUT2D eigenvalue weighted by atomic mass is 10.1. The maximum atomic E-state index is 5.47. The van der Waals surface area contributed by atoms with E-state index in [-0.39, 0.29) is 0 Å².